The van der Waals surface area contributed by atoms with Gasteiger partial charge in [-0.05, 0) is 30.2 Å². The highest BCUT2D eigenvalue weighted by molar-refractivity contribution is 6.30. The average Bonchev–Trinajstić information content (AvgIpc) is 2.39. The molecular formula is C12H10ClNO. The molecule has 1 aromatic carbocycles. The second-order valence-corrected chi connectivity index (χ2v) is 4.64. The van der Waals surface area contributed by atoms with Crippen LogP contribution in [0.2, 0.25) is 5.02 Å². The standard InChI is InChI=1S/C12H10ClNO/c1-12(4-5-14)7-8-6-9(13)2-3-10(8)11(12)15/h2-3,6H,4,7H2,1H3. The second kappa shape index (κ2) is 3.36. The van der Waals surface area contributed by atoms with Crippen LogP contribution in [0.1, 0.15) is 29.3 Å². The fourth-order valence-electron chi connectivity index (χ4n) is 2.07. The van der Waals surface area contributed by atoms with Gasteiger partial charge in [-0.1, -0.05) is 18.5 Å². The lowest BCUT2D eigenvalue weighted by molar-refractivity contribution is 0.0847. The summed E-state index contributed by atoms with van der Waals surface area (Å²) in [5.41, 5.74) is 1.13. The molecule has 0 heterocycles. The molecule has 1 aromatic rings. The van der Waals surface area contributed by atoms with Crippen molar-refractivity contribution >= 4 is 17.4 Å². The summed E-state index contributed by atoms with van der Waals surface area (Å²) in [6.45, 7) is 1.84. The molecule has 0 saturated heterocycles. The number of carbonyl (C=O) groups is 1. The van der Waals surface area contributed by atoms with E-state index in [0.29, 0.717) is 11.4 Å². The van der Waals surface area contributed by atoms with E-state index in [0.717, 1.165) is 11.1 Å². The Morgan fingerprint density at radius 2 is 2.33 bits per heavy atom. The monoisotopic (exact) mass is 219 g/mol. The Kier molecular flexibility index (Phi) is 2.28. The summed E-state index contributed by atoms with van der Waals surface area (Å²) in [6, 6.07) is 7.36. The van der Waals surface area contributed by atoms with Gasteiger partial charge in [0, 0.05) is 22.4 Å². The van der Waals surface area contributed by atoms with E-state index in [1.807, 2.05) is 13.0 Å². The zero-order valence-electron chi connectivity index (χ0n) is 8.38. The third-order valence-corrected chi connectivity index (χ3v) is 3.15. The summed E-state index contributed by atoms with van der Waals surface area (Å²) in [7, 11) is 0. The summed E-state index contributed by atoms with van der Waals surface area (Å²) in [5, 5.41) is 9.36. The van der Waals surface area contributed by atoms with Crippen LogP contribution >= 0.6 is 11.6 Å². The Hall–Kier alpha value is -1.33. The van der Waals surface area contributed by atoms with Crippen molar-refractivity contribution in [1.82, 2.24) is 0 Å². The molecule has 0 radical (unpaired) electrons. The number of fused-ring (bicyclic) bond motifs is 1. The van der Waals surface area contributed by atoms with Gasteiger partial charge in [-0.15, -0.1) is 0 Å². The van der Waals surface area contributed by atoms with E-state index in [1.54, 1.807) is 12.1 Å². The Morgan fingerprint density at radius 1 is 1.60 bits per heavy atom. The summed E-state index contributed by atoms with van der Waals surface area (Å²) in [5.74, 6) is 0.0655. The molecule has 1 aliphatic carbocycles. The van der Waals surface area contributed by atoms with Crippen LogP contribution in [0.25, 0.3) is 0 Å². The summed E-state index contributed by atoms with van der Waals surface area (Å²) in [4.78, 5) is 12.0. The fourth-order valence-corrected chi connectivity index (χ4v) is 2.27. The van der Waals surface area contributed by atoms with E-state index in [1.165, 1.54) is 0 Å². The van der Waals surface area contributed by atoms with Gasteiger partial charge in [0.2, 0.25) is 0 Å². The number of nitriles is 1. The molecule has 3 heteroatoms. The van der Waals surface area contributed by atoms with Gasteiger partial charge in [-0.2, -0.15) is 5.26 Å². The van der Waals surface area contributed by atoms with Crippen molar-refractivity contribution in [2.24, 2.45) is 5.41 Å². The predicted octanol–water partition coefficient (Wildman–Crippen LogP) is 3.00. The van der Waals surface area contributed by atoms with Crippen LogP contribution in [0, 0.1) is 16.7 Å². The Bertz CT molecular complexity index is 475. The first-order valence-corrected chi connectivity index (χ1v) is 5.15. The molecule has 1 aliphatic rings. The summed E-state index contributed by atoms with van der Waals surface area (Å²) < 4.78 is 0. The van der Waals surface area contributed by atoms with Crippen LogP contribution in [-0.4, -0.2) is 5.78 Å². The Labute approximate surface area is 93.5 Å². The van der Waals surface area contributed by atoms with Crippen molar-refractivity contribution < 1.29 is 4.79 Å². The summed E-state index contributed by atoms with van der Waals surface area (Å²) >= 11 is 5.86. The molecular weight excluding hydrogens is 210 g/mol. The number of Topliss-reactive ketones (excluding diaryl/α,β-unsaturated/α-hetero) is 1. The van der Waals surface area contributed by atoms with E-state index in [2.05, 4.69) is 6.07 Å². The molecule has 0 aromatic heterocycles. The molecule has 0 bridgehead atoms. The normalized spacial score (nSPS) is 23.7. The smallest absolute Gasteiger partial charge is 0.170 e. The molecule has 0 spiro atoms. The Morgan fingerprint density at radius 3 is 3.00 bits per heavy atom. The van der Waals surface area contributed by atoms with E-state index in [9.17, 15) is 4.79 Å². The highest BCUT2D eigenvalue weighted by Crippen LogP contribution is 2.39. The number of benzene rings is 1. The molecule has 2 nitrogen and oxygen atoms in total. The zero-order chi connectivity index (χ0) is 11.1. The van der Waals surface area contributed by atoms with Gasteiger partial charge in [0.1, 0.15) is 0 Å². The minimum absolute atomic E-state index is 0.0655. The predicted molar refractivity (Wildman–Crippen MR) is 57.8 cm³/mol. The first kappa shape index (κ1) is 10.2. The number of halogens is 1. The Balaban J connectivity index is 2.46. The largest absolute Gasteiger partial charge is 0.294 e. The van der Waals surface area contributed by atoms with E-state index in [-0.39, 0.29) is 12.2 Å². The molecule has 2 rings (SSSR count). The minimum Gasteiger partial charge on any atom is -0.294 e. The molecule has 0 aliphatic heterocycles. The fraction of sp³-hybridized carbons (Fsp3) is 0.333. The number of hydrogen-bond acceptors (Lipinski definition) is 2. The highest BCUT2D eigenvalue weighted by Gasteiger charge is 2.41. The number of hydrogen-bond donors (Lipinski definition) is 0. The van der Waals surface area contributed by atoms with Gasteiger partial charge in [0.15, 0.2) is 5.78 Å². The topological polar surface area (TPSA) is 40.9 Å². The average molecular weight is 220 g/mol. The lowest BCUT2D eigenvalue weighted by Crippen LogP contribution is -2.23. The van der Waals surface area contributed by atoms with Crippen LogP contribution in [-0.2, 0) is 6.42 Å². The van der Waals surface area contributed by atoms with Crippen molar-refractivity contribution in [2.75, 3.05) is 0 Å². The maximum atomic E-state index is 12.0. The van der Waals surface area contributed by atoms with Gasteiger partial charge < -0.3 is 0 Å². The number of nitrogens with zero attached hydrogens (tertiary/aromatic N) is 1. The third-order valence-electron chi connectivity index (χ3n) is 2.91. The molecule has 1 atom stereocenters. The van der Waals surface area contributed by atoms with Crippen molar-refractivity contribution in [3.05, 3.63) is 34.3 Å². The molecule has 1 unspecified atom stereocenters. The van der Waals surface area contributed by atoms with E-state index >= 15 is 0 Å². The van der Waals surface area contributed by atoms with Crippen LogP contribution in [0.15, 0.2) is 18.2 Å². The maximum Gasteiger partial charge on any atom is 0.170 e. The van der Waals surface area contributed by atoms with Crippen LogP contribution < -0.4 is 0 Å². The van der Waals surface area contributed by atoms with Gasteiger partial charge in [-0.3, -0.25) is 4.79 Å². The first-order chi connectivity index (χ1) is 7.07. The molecule has 0 fully saturated rings. The highest BCUT2D eigenvalue weighted by atomic mass is 35.5. The van der Waals surface area contributed by atoms with Gasteiger partial charge >= 0.3 is 0 Å². The zero-order valence-corrected chi connectivity index (χ0v) is 9.14. The van der Waals surface area contributed by atoms with Gasteiger partial charge in [-0.25, -0.2) is 0 Å². The minimum atomic E-state index is -0.554. The number of carbonyl (C=O) groups excluding carboxylic acids is 1. The second-order valence-electron chi connectivity index (χ2n) is 4.20. The number of ketones is 1. The van der Waals surface area contributed by atoms with Crippen molar-refractivity contribution in [3.8, 4) is 6.07 Å². The van der Waals surface area contributed by atoms with Crippen LogP contribution in [0.3, 0.4) is 0 Å². The van der Waals surface area contributed by atoms with Gasteiger partial charge in [0.25, 0.3) is 0 Å². The molecule has 0 amide bonds. The van der Waals surface area contributed by atoms with Crippen LogP contribution in [0.4, 0.5) is 0 Å². The SMILES string of the molecule is CC1(CC#N)Cc2cc(Cl)ccc2C1=O. The summed E-state index contributed by atoms with van der Waals surface area (Å²) in [6.07, 6.45) is 0.882. The molecule has 0 N–H and O–H groups in total. The third kappa shape index (κ3) is 1.53. The van der Waals surface area contributed by atoms with E-state index < -0.39 is 5.41 Å². The van der Waals surface area contributed by atoms with Crippen LogP contribution in [0.5, 0.6) is 0 Å². The molecule has 76 valence electrons. The molecule has 15 heavy (non-hydrogen) atoms. The lowest BCUT2D eigenvalue weighted by Gasteiger charge is -2.16. The maximum absolute atomic E-state index is 12.0. The lowest BCUT2D eigenvalue weighted by atomic mass is 9.83. The van der Waals surface area contributed by atoms with Crippen molar-refractivity contribution in [2.45, 2.75) is 19.8 Å². The van der Waals surface area contributed by atoms with E-state index in [4.69, 9.17) is 16.9 Å². The van der Waals surface area contributed by atoms with Crippen molar-refractivity contribution in [3.63, 3.8) is 0 Å². The number of rotatable bonds is 1. The quantitative estimate of drug-likeness (QED) is 0.729. The van der Waals surface area contributed by atoms with Gasteiger partial charge in [0.05, 0.1) is 6.07 Å². The first-order valence-electron chi connectivity index (χ1n) is 4.77. The van der Waals surface area contributed by atoms with Crippen molar-refractivity contribution in [1.29, 1.82) is 5.26 Å². The molecule has 0 saturated carbocycles.